The highest BCUT2D eigenvalue weighted by molar-refractivity contribution is 5.88. The third kappa shape index (κ3) is 6.95. The molecule has 28 heavy (non-hydrogen) atoms. The van der Waals surface area contributed by atoms with E-state index in [1.807, 2.05) is 38.1 Å². The van der Waals surface area contributed by atoms with Gasteiger partial charge in [-0.05, 0) is 50.1 Å². The molecular formula is C22H30N4O2. The molecule has 0 heterocycles. The standard InChI is InChI=1S/C22H30N4O2/c1-15(2)28-21-11-16(3)9-10-19(21)14-25-22(23-5)24-13-18-7-6-8-20(12-18)26-17(4)27/h6-12,15H,13-14H2,1-5H3,(H,26,27)(H2,23,24,25). The highest BCUT2D eigenvalue weighted by Gasteiger charge is 2.08. The maximum absolute atomic E-state index is 11.2. The molecule has 6 nitrogen and oxygen atoms in total. The van der Waals surface area contributed by atoms with Crippen LogP contribution in [0.5, 0.6) is 5.75 Å². The van der Waals surface area contributed by atoms with Gasteiger partial charge < -0.3 is 20.7 Å². The van der Waals surface area contributed by atoms with Crippen LogP contribution in [0.4, 0.5) is 5.69 Å². The molecule has 0 bridgehead atoms. The fraction of sp³-hybridized carbons (Fsp3) is 0.364. The summed E-state index contributed by atoms with van der Waals surface area (Å²) in [5.74, 6) is 1.50. The number of carbonyl (C=O) groups is 1. The number of guanidine groups is 1. The van der Waals surface area contributed by atoms with E-state index in [1.165, 1.54) is 12.5 Å². The molecular weight excluding hydrogens is 352 g/mol. The Morgan fingerprint density at radius 2 is 1.86 bits per heavy atom. The molecule has 0 unspecified atom stereocenters. The lowest BCUT2D eigenvalue weighted by molar-refractivity contribution is -0.114. The lowest BCUT2D eigenvalue weighted by Gasteiger charge is -2.17. The van der Waals surface area contributed by atoms with Gasteiger partial charge in [-0.3, -0.25) is 9.79 Å². The molecule has 3 N–H and O–H groups in total. The lowest BCUT2D eigenvalue weighted by Crippen LogP contribution is -2.36. The van der Waals surface area contributed by atoms with E-state index in [1.54, 1.807) is 7.05 Å². The van der Waals surface area contributed by atoms with Crippen molar-refractivity contribution in [3.05, 3.63) is 59.2 Å². The maximum atomic E-state index is 11.2. The monoisotopic (exact) mass is 382 g/mol. The van der Waals surface area contributed by atoms with Crippen LogP contribution in [0, 0.1) is 6.92 Å². The Labute approximate surface area is 167 Å². The van der Waals surface area contributed by atoms with Crippen molar-refractivity contribution < 1.29 is 9.53 Å². The Hall–Kier alpha value is -3.02. The van der Waals surface area contributed by atoms with Crippen LogP contribution < -0.4 is 20.7 Å². The van der Waals surface area contributed by atoms with Gasteiger partial charge in [-0.1, -0.05) is 24.3 Å². The van der Waals surface area contributed by atoms with Crippen LogP contribution >= 0.6 is 0 Å². The van der Waals surface area contributed by atoms with Gasteiger partial charge in [-0.15, -0.1) is 0 Å². The van der Waals surface area contributed by atoms with E-state index in [9.17, 15) is 4.79 Å². The molecule has 1 amide bonds. The molecule has 0 saturated carbocycles. The number of aryl methyl sites for hydroxylation is 1. The summed E-state index contributed by atoms with van der Waals surface area (Å²) in [5, 5.41) is 9.41. The second kappa shape index (κ2) is 10.3. The van der Waals surface area contributed by atoms with Crippen molar-refractivity contribution in [1.29, 1.82) is 0 Å². The molecule has 0 fully saturated rings. The van der Waals surface area contributed by atoms with Gasteiger partial charge in [0.05, 0.1) is 6.10 Å². The topological polar surface area (TPSA) is 74.8 Å². The predicted molar refractivity (Wildman–Crippen MR) is 115 cm³/mol. The Bertz CT molecular complexity index is 831. The van der Waals surface area contributed by atoms with E-state index in [0.29, 0.717) is 19.0 Å². The smallest absolute Gasteiger partial charge is 0.221 e. The quantitative estimate of drug-likeness (QED) is 0.505. The summed E-state index contributed by atoms with van der Waals surface area (Å²) in [5.41, 5.74) is 4.08. The molecule has 150 valence electrons. The minimum Gasteiger partial charge on any atom is -0.491 e. The minimum absolute atomic E-state index is 0.0832. The summed E-state index contributed by atoms with van der Waals surface area (Å²) >= 11 is 0. The molecule has 0 aliphatic carbocycles. The van der Waals surface area contributed by atoms with Crippen LogP contribution in [0.15, 0.2) is 47.5 Å². The number of nitrogens with zero attached hydrogens (tertiary/aromatic N) is 1. The zero-order chi connectivity index (χ0) is 20.5. The van der Waals surface area contributed by atoms with Gasteiger partial charge >= 0.3 is 0 Å². The van der Waals surface area contributed by atoms with E-state index in [2.05, 4.69) is 46.1 Å². The number of hydrogen-bond acceptors (Lipinski definition) is 3. The molecule has 6 heteroatoms. The Morgan fingerprint density at radius 1 is 1.11 bits per heavy atom. The lowest BCUT2D eigenvalue weighted by atomic mass is 10.1. The number of benzene rings is 2. The van der Waals surface area contributed by atoms with Crippen LogP contribution in [0.2, 0.25) is 0 Å². The first-order valence-corrected chi connectivity index (χ1v) is 9.44. The predicted octanol–water partition coefficient (Wildman–Crippen LogP) is 3.61. The minimum atomic E-state index is -0.0832. The fourth-order valence-electron chi connectivity index (χ4n) is 2.72. The number of anilines is 1. The van der Waals surface area contributed by atoms with Crippen LogP contribution in [-0.2, 0) is 17.9 Å². The number of rotatable bonds is 7. The van der Waals surface area contributed by atoms with Crippen molar-refractivity contribution in [3.8, 4) is 5.75 Å². The molecule has 2 aromatic carbocycles. The van der Waals surface area contributed by atoms with Gasteiger partial charge in [0.15, 0.2) is 5.96 Å². The van der Waals surface area contributed by atoms with Crippen molar-refractivity contribution in [2.24, 2.45) is 4.99 Å². The fourth-order valence-corrected chi connectivity index (χ4v) is 2.72. The van der Waals surface area contributed by atoms with Crippen LogP contribution in [-0.4, -0.2) is 25.0 Å². The second-order valence-corrected chi connectivity index (χ2v) is 6.94. The first kappa shape index (κ1) is 21.3. The molecule has 0 radical (unpaired) electrons. The van der Waals surface area contributed by atoms with Gasteiger partial charge in [0.25, 0.3) is 0 Å². The van der Waals surface area contributed by atoms with Crippen LogP contribution in [0.3, 0.4) is 0 Å². The maximum Gasteiger partial charge on any atom is 0.221 e. The number of carbonyl (C=O) groups excluding carboxylic acids is 1. The third-order valence-electron chi connectivity index (χ3n) is 3.96. The molecule has 2 aromatic rings. The summed E-state index contributed by atoms with van der Waals surface area (Å²) in [4.78, 5) is 15.5. The molecule has 0 spiro atoms. The molecule has 0 aromatic heterocycles. The van der Waals surface area contributed by atoms with Gasteiger partial charge in [-0.25, -0.2) is 0 Å². The number of amides is 1. The highest BCUT2D eigenvalue weighted by Crippen LogP contribution is 2.21. The second-order valence-electron chi connectivity index (χ2n) is 6.94. The molecule has 0 atom stereocenters. The zero-order valence-electron chi connectivity index (χ0n) is 17.3. The molecule has 2 rings (SSSR count). The van der Waals surface area contributed by atoms with Gasteiger partial charge in [0, 0.05) is 38.3 Å². The number of nitrogens with one attached hydrogen (secondary N) is 3. The first-order valence-electron chi connectivity index (χ1n) is 9.44. The van der Waals surface area contributed by atoms with E-state index in [4.69, 9.17) is 4.74 Å². The van der Waals surface area contributed by atoms with E-state index < -0.39 is 0 Å². The Balaban J connectivity index is 1.96. The van der Waals surface area contributed by atoms with E-state index >= 15 is 0 Å². The summed E-state index contributed by atoms with van der Waals surface area (Å²) in [7, 11) is 1.74. The molecule has 0 aliphatic rings. The van der Waals surface area contributed by atoms with Crippen LogP contribution in [0.25, 0.3) is 0 Å². The number of aliphatic imine (C=N–C) groups is 1. The highest BCUT2D eigenvalue weighted by atomic mass is 16.5. The first-order chi connectivity index (χ1) is 13.4. The number of ether oxygens (including phenoxy) is 1. The van der Waals surface area contributed by atoms with Gasteiger partial charge in [0.2, 0.25) is 5.91 Å². The summed E-state index contributed by atoms with van der Waals surface area (Å²) < 4.78 is 5.93. The SMILES string of the molecule is CN=C(NCc1cccc(NC(C)=O)c1)NCc1ccc(C)cc1OC(C)C. The van der Waals surface area contributed by atoms with Crippen molar-refractivity contribution in [2.75, 3.05) is 12.4 Å². The van der Waals surface area contributed by atoms with E-state index in [-0.39, 0.29) is 12.0 Å². The van der Waals surface area contributed by atoms with Crippen LogP contribution in [0.1, 0.15) is 37.5 Å². The van der Waals surface area contributed by atoms with Crippen molar-refractivity contribution in [3.63, 3.8) is 0 Å². The Morgan fingerprint density at radius 3 is 2.54 bits per heavy atom. The molecule has 0 saturated heterocycles. The van der Waals surface area contributed by atoms with Gasteiger partial charge in [0.1, 0.15) is 5.75 Å². The third-order valence-corrected chi connectivity index (χ3v) is 3.96. The average Bonchev–Trinajstić information content (AvgIpc) is 2.62. The summed E-state index contributed by atoms with van der Waals surface area (Å²) in [6.07, 6.45) is 0.119. The van der Waals surface area contributed by atoms with E-state index in [0.717, 1.165) is 22.6 Å². The van der Waals surface area contributed by atoms with Crippen molar-refractivity contribution >= 4 is 17.6 Å². The average molecular weight is 383 g/mol. The van der Waals surface area contributed by atoms with Gasteiger partial charge in [-0.2, -0.15) is 0 Å². The largest absolute Gasteiger partial charge is 0.491 e. The Kier molecular flexibility index (Phi) is 7.87. The number of hydrogen-bond donors (Lipinski definition) is 3. The van der Waals surface area contributed by atoms with Crippen molar-refractivity contribution in [2.45, 2.75) is 46.9 Å². The van der Waals surface area contributed by atoms with Crippen molar-refractivity contribution in [1.82, 2.24) is 10.6 Å². The molecule has 0 aliphatic heterocycles. The summed E-state index contributed by atoms with van der Waals surface area (Å²) in [6, 6.07) is 13.9. The summed E-state index contributed by atoms with van der Waals surface area (Å²) in [6.45, 7) is 8.80. The zero-order valence-corrected chi connectivity index (χ0v) is 17.3. The normalized spacial score (nSPS) is 11.3.